The van der Waals surface area contributed by atoms with Crippen LogP contribution in [0.4, 0.5) is 0 Å². The van der Waals surface area contributed by atoms with E-state index in [0.717, 1.165) is 0 Å². The molecule has 8 heteroatoms. The first kappa shape index (κ1) is 9.84. The maximum atomic E-state index is 10.5. The molecule has 0 unspecified atom stereocenters. The summed E-state index contributed by atoms with van der Waals surface area (Å²) in [7, 11) is 1.77. The Labute approximate surface area is 91.9 Å². The maximum absolute atomic E-state index is 10.5. The van der Waals surface area contributed by atoms with Gasteiger partial charge in [-0.25, -0.2) is 9.78 Å². The first-order valence-electron chi connectivity index (χ1n) is 3.84. The number of hydrogen-bond donors (Lipinski definition) is 1. The van der Waals surface area contributed by atoms with E-state index in [4.69, 9.17) is 9.63 Å². The van der Waals surface area contributed by atoms with Crippen LogP contribution in [0.15, 0.2) is 15.5 Å². The van der Waals surface area contributed by atoms with Crippen LogP contribution in [0.5, 0.6) is 0 Å². The summed E-state index contributed by atoms with van der Waals surface area (Å²) in [5.74, 6) is -1.54. The molecular weight excluding hydrogens is 268 g/mol. The van der Waals surface area contributed by atoms with Gasteiger partial charge in [-0.2, -0.15) is 4.98 Å². The molecule has 0 saturated heterocycles. The highest BCUT2D eigenvalue weighted by atomic mass is 79.9. The summed E-state index contributed by atoms with van der Waals surface area (Å²) in [5, 5.41) is 11.9. The highest BCUT2D eigenvalue weighted by Gasteiger charge is 2.16. The van der Waals surface area contributed by atoms with E-state index in [1.54, 1.807) is 17.8 Å². The minimum Gasteiger partial charge on any atom is -0.475 e. The molecule has 0 atom stereocenters. The van der Waals surface area contributed by atoms with E-state index in [1.807, 2.05) is 0 Å². The van der Waals surface area contributed by atoms with Crippen LogP contribution in [0.2, 0.25) is 0 Å². The summed E-state index contributed by atoms with van der Waals surface area (Å²) in [6.07, 6.45) is 1.64. The number of carbonyl (C=O) groups is 1. The van der Waals surface area contributed by atoms with Gasteiger partial charge in [-0.1, -0.05) is 0 Å². The van der Waals surface area contributed by atoms with E-state index in [9.17, 15) is 4.79 Å². The Morgan fingerprint density at radius 2 is 2.33 bits per heavy atom. The summed E-state index contributed by atoms with van der Waals surface area (Å²) in [5.41, 5.74) is 0.421. The van der Waals surface area contributed by atoms with Gasteiger partial charge in [0.25, 0.3) is 11.7 Å². The third-order valence-electron chi connectivity index (χ3n) is 1.66. The number of imidazole rings is 1. The molecule has 0 spiro atoms. The second kappa shape index (κ2) is 3.46. The first-order chi connectivity index (χ1) is 7.08. The van der Waals surface area contributed by atoms with Gasteiger partial charge in [0.1, 0.15) is 5.69 Å². The van der Waals surface area contributed by atoms with Gasteiger partial charge in [0.05, 0.1) is 0 Å². The predicted molar refractivity (Wildman–Crippen MR) is 51.2 cm³/mol. The Balaban J connectivity index is 2.41. The summed E-state index contributed by atoms with van der Waals surface area (Å²) in [6.45, 7) is 0. The van der Waals surface area contributed by atoms with Crippen molar-refractivity contribution in [3.8, 4) is 11.6 Å². The van der Waals surface area contributed by atoms with E-state index < -0.39 is 5.97 Å². The number of aromatic carboxylic acids is 1. The Morgan fingerprint density at radius 3 is 2.80 bits per heavy atom. The molecule has 1 N–H and O–H groups in total. The van der Waals surface area contributed by atoms with Crippen LogP contribution in [0, 0.1) is 0 Å². The van der Waals surface area contributed by atoms with Crippen LogP contribution >= 0.6 is 15.9 Å². The number of hydrogen-bond acceptors (Lipinski definition) is 5. The van der Waals surface area contributed by atoms with Gasteiger partial charge in [-0.15, -0.1) is 0 Å². The molecule has 0 fully saturated rings. The van der Waals surface area contributed by atoms with Crippen molar-refractivity contribution in [2.75, 3.05) is 0 Å². The Bertz CT molecular complexity index is 499. The highest BCUT2D eigenvalue weighted by molar-refractivity contribution is 9.10. The number of rotatable bonds is 2. The molecule has 0 aromatic carbocycles. The second-order valence-electron chi connectivity index (χ2n) is 2.73. The molecule has 0 radical (unpaired) electrons. The molecule has 0 aliphatic carbocycles. The van der Waals surface area contributed by atoms with E-state index in [0.29, 0.717) is 10.4 Å². The van der Waals surface area contributed by atoms with Crippen molar-refractivity contribution in [2.45, 2.75) is 0 Å². The average Bonchev–Trinajstić information content (AvgIpc) is 2.74. The third kappa shape index (κ3) is 1.75. The van der Waals surface area contributed by atoms with Crippen LogP contribution < -0.4 is 0 Å². The Kier molecular flexibility index (Phi) is 2.27. The lowest BCUT2D eigenvalue weighted by molar-refractivity contribution is 0.0680. The standard InChI is InChI=1S/C7H5BrN4O3/c1-12-2-3(9-7(12)8)5-10-4(6(13)14)11-15-5/h2H,1H3,(H,13,14). The van der Waals surface area contributed by atoms with Crippen molar-refractivity contribution >= 4 is 21.9 Å². The van der Waals surface area contributed by atoms with Crippen LogP contribution in [0.1, 0.15) is 10.6 Å². The lowest BCUT2D eigenvalue weighted by atomic mass is 10.5. The maximum Gasteiger partial charge on any atom is 0.377 e. The van der Waals surface area contributed by atoms with E-state index in [-0.39, 0.29) is 11.7 Å². The number of halogens is 1. The topological polar surface area (TPSA) is 94.0 Å². The minimum absolute atomic E-state index is 0.0775. The molecule has 7 nitrogen and oxygen atoms in total. The van der Waals surface area contributed by atoms with Crippen LogP contribution in [-0.4, -0.2) is 30.8 Å². The van der Waals surface area contributed by atoms with Crippen molar-refractivity contribution in [3.05, 3.63) is 16.8 Å². The molecule has 2 aromatic heterocycles. The van der Waals surface area contributed by atoms with Gasteiger partial charge in [0, 0.05) is 13.2 Å². The van der Waals surface area contributed by atoms with Gasteiger partial charge < -0.3 is 14.2 Å². The van der Waals surface area contributed by atoms with E-state index >= 15 is 0 Å². The van der Waals surface area contributed by atoms with E-state index in [2.05, 4.69) is 31.1 Å². The monoisotopic (exact) mass is 272 g/mol. The molecule has 0 aliphatic heterocycles. The van der Waals surface area contributed by atoms with Gasteiger partial charge in [-0.05, 0) is 21.1 Å². The van der Waals surface area contributed by atoms with Crippen LogP contribution in [0.3, 0.4) is 0 Å². The average molecular weight is 273 g/mol. The fourth-order valence-electron chi connectivity index (χ4n) is 0.961. The predicted octanol–water partition coefficient (Wildman–Crippen LogP) is 0.931. The lowest BCUT2D eigenvalue weighted by Gasteiger charge is -1.85. The summed E-state index contributed by atoms with van der Waals surface area (Å²) >= 11 is 3.19. The van der Waals surface area contributed by atoms with Crippen molar-refractivity contribution in [1.82, 2.24) is 19.7 Å². The zero-order valence-corrected chi connectivity index (χ0v) is 9.09. The van der Waals surface area contributed by atoms with Crippen molar-refractivity contribution in [3.63, 3.8) is 0 Å². The summed E-state index contributed by atoms with van der Waals surface area (Å²) in [4.78, 5) is 18.2. The normalized spacial score (nSPS) is 10.5. The zero-order chi connectivity index (χ0) is 11.0. The Hall–Kier alpha value is -1.70. The van der Waals surface area contributed by atoms with Gasteiger partial charge in [0.2, 0.25) is 0 Å². The molecule has 0 bridgehead atoms. The molecule has 0 saturated carbocycles. The SMILES string of the molecule is Cn1cc(-c2nc(C(=O)O)no2)nc1Br. The number of aryl methyl sites for hydroxylation is 1. The molecule has 2 rings (SSSR count). The first-order valence-corrected chi connectivity index (χ1v) is 4.63. The fraction of sp³-hybridized carbons (Fsp3) is 0.143. The van der Waals surface area contributed by atoms with Crippen LogP contribution in [0.25, 0.3) is 11.6 Å². The minimum atomic E-state index is -1.24. The highest BCUT2D eigenvalue weighted by Crippen LogP contribution is 2.18. The number of carboxylic acid groups (broad SMARTS) is 1. The molecule has 15 heavy (non-hydrogen) atoms. The molecule has 0 amide bonds. The zero-order valence-electron chi connectivity index (χ0n) is 7.51. The Morgan fingerprint density at radius 1 is 1.60 bits per heavy atom. The van der Waals surface area contributed by atoms with Gasteiger partial charge in [0.15, 0.2) is 4.73 Å². The van der Waals surface area contributed by atoms with Crippen molar-refractivity contribution in [2.24, 2.45) is 7.05 Å². The van der Waals surface area contributed by atoms with Gasteiger partial charge in [-0.3, -0.25) is 0 Å². The smallest absolute Gasteiger partial charge is 0.377 e. The summed E-state index contributed by atoms with van der Waals surface area (Å²) in [6, 6.07) is 0. The van der Waals surface area contributed by atoms with Crippen molar-refractivity contribution < 1.29 is 14.4 Å². The van der Waals surface area contributed by atoms with Crippen LogP contribution in [-0.2, 0) is 7.05 Å². The molecule has 78 valence electrons. The largest absolute Gasteiger partial charge is 0.475 e. The molecular formula is C7H5BrN4O3. The van der Waals surface area contributed by atoms with Crippen molar-refractivity contribution in [1.29, 1.82) is 0 Å². The molecule has 2 heterocycles. The quantitative estimate of drug-likeness (QED) is 0.874. The van der Waals surface area contributed by atoms with E-state index in [1.165, 1.54) is 0 Å². The number of nitrogens with zero attached hydrogens (tertiary/aromatic N) is 4. The summed E-state index contributed by atoms with van der Waals surface area (Å²) < 4.78 is 7.03. The second-order valence-corrected chi connectivity index (χ2v) is 3.44. The number of carboxylic acids is 1. The van der Waals surface area contributed by atoms with Gasteiger partial charge >= 0.3 is 5.97 Å². The number of aromatic nitrogens is 4. The third-order valence-corrected chi connectivity index (χ3v) is 2.39. The lowest BCUT2D eigenvalue weighted by Crippen LogP contribution is -1.98. The fourth-order valence-corrected chi connectivity index (χ4v) is 1.25. The molecule has 0 aliphatic rings. The molecule has 2 aromatic rings.